The molecule has 0 saturated heterocycles. The van der Waals surface area contributed by atoms with Gasteiger partial charge in [-0.3, -0.25) is 4.98 Å². The van der Waals surface area contributed by atoms with E-state index >= 15 is 0 Å². The van der Waals surface area contributed by atoms with E-state index in [-0.39, 0.29) is 0 Å². The van der Waals surface area contributed by atoms with Crippen LogP contribution < -0.4 is 0 Å². The van der Waals surface area contributed by atoms with Crippen molar-refractivity contribution in [1.29, 1.82) is 0 Å². The van der Waals surface area contributed by atoms with Gasteiger partial charge in [0.15, 0.2) is 0 Å². The van der Waals surface area contributed by atoms with E-state index in [0.29, 0.717) is 26.4 Å². The average molecular weight is 250 g/mol. The van der Waals surface area contributed by atoms with Crippen LogP contribution in [-0.4, -0.2) is 24.7 Å². The molecule has 0 bridgehead atoms. The monoisotopic (exact) mass is 250 g/mol. The lowest BCUT2D eigenvalue weighted by Gasteiger charge is -2.04. The number of aromatic nitrogens is 1. The average Bonchev–Trinajstić information content (AvgIpc) is 2.40. The second kappa shape index (κ2) is 9.41. The van der Waals surface area contributed by atoms with Crippen LogP contribution in [0.1, 0.15) is 24.6 Å². The number of azide groups is 1. The maximum atomic E-state index is 8.08. The van der Waals surface area contributed by atoms with Crippen molar-refractivity contribution in [2.45, 2.75) is 26.6 Å². The third-order valence-electron chi connectivity index (χ3n) is 2.15. The largest absolute Gasteiger partial charge is 0.377 e. The van der Waals surface area contributed by atoms with E-state index in [1.54, 1.807) is 6.20 Å². The van der Waals surface area contributed by atoms with E-state index < -0.39 is 0 Å². The molecule has 0 amide bonds. The Hall–Kier alpha value is -1.62. The first-order valence-corrected chi connectivity index (χ1v) is 5.97. The van der Waals surface area contributed by atoms with Gasteiger partial charge in [0, 0.05) is 24.3 Å². The molecule has 1 aromatic rings. The van der Waals surface area contributed by atoms with Gasteiger partial charge in [-0.2, -0.15) is 0 Å². The van der Waals surface area contributed by atoms with Gasteiger partial charge in [0.2, 0.25) is 0 Å². The molecular formula is C12H18N4O2. The van der Waals surface area contributed by atoms with E-state index in [4.69, 9.17) is 15.0 Å². The van der Waals surface area contributed by atoms with Crippen molar-refractivity contribution in [3.8, 4) is 0 Å². The molecule has 6 heteroatoms. The molecule has 98 valence electrons. The van der Waals surface area contributed by atoms with Gasteiger partial charge in [0.25, 0.3) is 0 Å². The fourth-order valence-electron chi connectivity index (χ4n) is 1.29. The van der Waals surface area contributed by atoms with Crippen LogP contribution >= 0.6 is 0 Å². The number of rotatable bonds is 9. The lowest BCUT2D eigenvalue weighted by molar-refractivity contribution is 0.120. The first-order chi connectivity index (χ1) is 8.86. The molecule has 6 nitrogen and oxygen atoms in total. The van der Waals surface area contributed by atoms with Gasteiger partial charge in [0.05, 0.1) is 25.5 Å². The molecule has 0 radical (unpaired) electrons. The SMILES string of the molecule is CCCOCc1ccc(COCCN=[N+]=[N-])nc1. The molecule has 0 aliphatic carbocycles. The van der Waals surface area contributed by atoms with Crippen molar-refractivity contribution in [3.63, 3.8) is 0 Å². The second-order valence-electron chi connectivity index (χ2n) is 3.72. The van der Waals surface area contributed by atoms with E-state index in [1.807, 2.05) is 12.1 Å². The lowest BCUT2D eigenvalue weighted by Crippen LogP contribution is -2.01. The Bertz CT molecular complexity index is 374. The molecule has 0 saturated carbocycles. The van der Waals surface area contributed by atoms with Crippen molar-refractivity contribution in [2.75, 3.05) is 19.8 Å². The fraction of sp³-hybridized carbons (Fsp3) is 0.583. The zero-order valence-electron chi connectivity index (χ0n) is 10.6. The summed E-state index contributed by atoms with van der Waals surface area (Å²) in [6.07, 6.45) is 2.81. The van der Waals surface area contributed by atoms with Crippen LogP contribution in [0, 0.1) is 0 Å². The van der Waals surface area contributed by atoms with Gasteiger partial charge < -0.3 is 9.47 Å². The predicted octanol–water partition coefficient (Wildman–Crippen LogP) is 2.84. The standard InChI is InChI=1S/C12H18N4O2/c1-2-6-17-9-11-3-4-12(14-8-11)10-18-7-5-15-16-13/h3-4,8H,2,5-7,9-10H2,1H3. The summed E-state index contributed by atoms with van der Waals surface area (Å²) in [6.45, 7) is 4.63. The summed E-state index contributed by atoms with van der Waals surface area (Å²) in [5.74, 6) is 0. The Balaban J connectivity index is 2.24. The van der Waals surface area contributed by atoms with Crippen LogP contribution in [0.3, 0.4) is 0 Å². The number of nitrogens with zero attached hydrogens (tertiary/aromatic N) is 4. The summed E-state index contributed by atoms with van der Waals surface area (Å²) < 4.78 is 10.7. The summed E-state index contributed by atoms with van der Waals surface area (Å²) in [5, 5.41) is 3.38. The molecule has 0 spiro atoms. The molecular weight excluding hydrogens is 232 g/mol. The Labute approximate surface area is 107 Å². The second-order valence-corrected chi connectivity index (χ2v) is 3.72. The summed E-state index contributed by atoms with van der Waals surface area (Å²) in [4.78, 5) is 6.91. The maximum absolute atomic E-state index is 8.08. The number of pyridine rings is 1. The number of hydrogen-bond donors (Lipinski definition) is 0. The van der Waals surface area contributed by atoms with E-state index in [2.05, 4.69) is 21.9 Å². The highest BCUT2D eigenvalue weighted by Gasteiger charge is 1.97. The minimum Gasteiger partial charge on any atom is -0.377 e. The van der Waals surface area contributed by atoms with Crippen molar-refractivity contribution in [2.24, 2.45) is 5.11 Å². The minimum absolute atomic E-state index is 0.347. The summed E-state index contributed by atoms with van der Waals surface area (Å²) in [5.41, 5.74) is 9.99. The molecule has 1 aromatic heterocycles. The van der Waals surface area contributed by atoms with E-state index in [0.717, 1.165) is 24.3 Å². The van der Waals surface area contributed by atoms with Gasteiger partial charge >= 0.3 is 0 Å². The van der Waals surface area contributed by atoms with Gasteiger partial charge in [0.1, 0.15) is 0 Å². The molecule has 1 rings (SSSR count). The summed E-state index contributed by atoms with van der Waals surface area (Å²) in [7, 11) is 0. The first-order valence-electron chi connectivity index (χ1n) is 5.97. The highest BCUT2D eigenvalue weighted by Crippen LogP contribution is 2.03. The normalized spacial score (nSPS) is 10.1. The summed E-state index contributed by atoms with van der Waals surface area (Å²) >= 11 is 0. The molecule has 0 N–H and O–H groups in total. The maximum Gasteiger partial charge on any atom is 0.0887 e. The number of hydrogen-bond acceptors (Lipinski definition) is 4. The van der Waals surface area contributed by atoms with Crippen LogP contribution in [0.15, 0.2) is 23.4 Å². The van der Waals surface area contributed by atoms with E-state index in [9.17, 15) is 0 Å². The van der Waals surface area contributed by atoms with Gasteiger partial charge in [-0.25, -0.2) is 0 Å². The van der Waals surface area contributed by atoms with Gasteiger partial charge in [-0.05, 0) is 23.6 Å². The molecule has 0 aliphatic rings. The highest BCUT2D eigenvalue weighted by atomic mass is 16.5. The number of ether oxygens (including phenoxy) is 2. The first kappa shape index (κ1) is 14.4. The van der Waals surface area contributed by atoms with Crippen LogP contribution in [0.5, 0.6) is 0 Å². The Kier molecular flexibility index (Phi) is 7.55. The molecule has 0 atom stereocenters. The lowest BCUT2D eigenvalue weighted by atomic mass is 10.2. The molecule has 1 heterocycles. The van der Waals surface area contributed by atoms with Gasteiger partial charge in [-0.1, -0.05) is 18.1 Å². The van der Waals surface area contributed by atoms with Crippen molar-refractivity contribution in [3.05, 3.63) is 40.0 Å². The Morgan fingerprint density at radius 2 is 2.11 bits per heavy atom. The van der Waals surface area contributed by atoms with Crippen LogP contribution in [0.25, 0.3) is 10.4 Å². The predicted molar refractivity (Wildman–Crippen MR) is 67.9 cm³/mol. The van der Waals surface area contributed by atoms with Crippen LogP contribution in [0.2, 0.25) is 0 Å². The Morgan fingerprint density at radius 1 is 1.28 bits per heavy atom. The third kappa shape index (κ3) is 6.20. The molecule has 0 unspecified atom stereocenters. The molecule has 0 aromatic carbocycles. The Morgan fingerprint density at radius 3 is 2.78 bits per heavy atom. The molecule has 0 aliphatic heterocycles. The molecule has 18 heavy (non-hydrogen) atoms. The van der Waals surface area contributed by atoms with Crippen LogP contribution in [-0.2, 0) is 22.7 Å². The van der Waals surface area contributed by atoms with Gasteiger partial charge in [-0.15, -0.1) is 0 Å². The van der Waals surface area contributed by atoms with Crippen LogP contribution in [0.4, 0.5) is 0 Å². The third-order valence-corrected chi connectivity index (χ3v) is 2.15. The zero-order chi connectivity index (χ0) is 13.1. The highest BCUT2D eigenvalue weighted by molar-refractivity contribution is 5.12. The summed E-state index contributed by atoms with van der Waals surface area (Å²) in [6, 6.07) is 3.90. The quantitative estimate of drug-likeness (QED) is 0.292. The topological polar surface area (TPSA) is 80.1 Å². The van der Waals surface area contributed by atoms with Crippen molar-refractivity contribution in [1.82, 2.24) is 4.98 Å². The smallest absolute Gasteiger partial charge is 0.0887 e. The van der Waals surface area contributed by atoms with Crippen molar-refractivity contribution >= 4 is 0 Å². The van der Waals surface area contributed by atoms with Crippen molar-refractivity contribution < 1.29 is 9.47 Å². The fourth-order valence-corrected chi connectivity index (χ4v) is 1.29. The van der Waals surface area contributed by atoms with E-state index in [1.165, 1.54) is 0 Å². The molecule has 0 fully saturated rings. The minimum atomic E-state index is 0.347. The zero-order valence-corrected chi connectivity index (χ0v) is 10.6.